The Balaban J connectivity index is 2.03. The summed E-state index contributed by atoms with van der Waals surface area (Å²) >= 11 is 0. The summed E-state index contributed by atoms with van der Waals surface area (Å²) in [6.45, 7) is 13.0. The van der Waals surface area contributed by atoms with Crippen molar-refractivity contribution in [1.82, 2.24) is 0 Å². The molecule has 2 N–H and O–H groups in total. The molecule has 0 aromatic rings. The standard InChI is InChI=1S/C20H32O2/c1-6-19(4)11-13-7-8-15-18(2,3)16(22)9-10-20(15,5)17(13)14(21)12-19/h6,11,14-17,21-22H,1,7-10,12H2,2-5H3/t14-,15+,16+,17-,19-,20+/m1/s1. The summed E-state index contributed by atoms with van der Waals surface area (Å²) in [7, 11) is 0. The van der Waals surface area contributed by atoms with E-state index in [0.29, 0.717) is 5.92 Å². The lowest BCUT2D eigenvalue weighted by molar-refractivity contribution is -0.146. The van der Waals surface area contributed by atoms with Crippen LogP contribution in [0.3, 0.4) is 0 Å². The molecule has 0 saturated heterocycles. The van der Waals surface area contributed by atoms with Crippen molar-refractivity contribution >= 4 is 0 Å². The van der Waals surface area contributed by atoms with Crippen LogP contribution in [0, 0.1) is 28.1 Å². The van der Waals surface area contributed by atoms with Gasteiger partial charge >= 0.3 is 0 Å². The van der Waals surface area contributed by atoms with Gasteiger partial charge in [-0.1, -0.05) is 45.4 Å². The first-order valence-electron chi connectivity index (χ1n) is 8.85. The molecule has 3 aliphatic rings. The molecule has 0 bridgehead atoms. The average molecular weight is 304 g/mol. The number of hydrogen-bond donors (Lipinski definition) is 2. The van der Waals surface area contributed by atoms with Crippen molar-refractivity contribution in [2.75, 3.05) is 0 Å². The molecule has 124 valence electrons. The van der Waals surface area contributed by atoms with Gasteiger partial charge in [0, 0.05) is 11.3 Å². The van der Waals surface area contributed by atoms with Crippen molar-refractivity contribution in [3.8, 4) is 0 Å². The predicted octanol–water partition coefficient (Wildman–Crippen LogP) is 4.08. The molecule has 3 aliphatic carbocycles. The third-order valence-corrected chi connectivity index (χ3v) is 7.36. The van der Waals surface area contributed by atoms with E-state index in [-0.39, 0.29) is 34.4 Å². The molecule has 0 radical (unpaired) electrons. The summed E-state index contributed by atoms with van der Waals surface area (Å²) in [6.07, 6.45) is 8.71. The van der Waals surface area contributed by atoms with Gasteiger partial charge in [0.05, 0.1) is 12.2 Å². The van der Waals surface area contributed by atoms with Crippen LogP contribution >= 0.6 is 0 Å². The molecule has 0 amide bonds. The lowest BCUT2D eigenvalue weighted by atomic mass is 9.44. The zero-order valence-corrected chi connectivity index (χ0v) is 14.6. The van der Waals surface area contributed by atoms with E-state index in [1.54, 1.807) is 0 Å². The van der Waals surface area contributed by atoms with Crippen LogP contribution in [0.2, 0.25) is 0 Å². The summed E-state index contributed by atoms with van der Waals surface area (Å²) < 4.78 is 0. The van der Waals surface area contributed by atoms with E-state index in [1.165, 1.54) is 5.57 Å². The first-order valence-corrected chi connectivity index (χ1v) is 8.85. The highest BCUT2D eigenvalue weighted by molar-refractivity contribution is 5.28. The Bertz CT molecular complexity index is 506. The fraction of sp³-hybridized carbons (Fsp3) is 0.800. The van der Waals surface area contributed by atoms with E-state index >= 15 is 0 Å². The molecule has 3 rings (SSSR count). The zero-order chi connectivity index (χ0) is 16.3. The average Bonchev–Trinajstić information content (AvgIpc) is 2.42. The van der Waals surface area contributed by atoms with Crippen molar-refractivity contribution in [3.05, 3.63) is 24.3 Å². The number of allylic oxidation sites excluding steroid dienone is 2. The van der Waals surface area contributed by atoms with Crippen LogP contribution < -0.4 is 0 Å². The van der Waals surface area contributed by atoms with Gasteiger partial charge in [-0.05, 0) is 48.9 Å². The minimum atomic E-state index is -0.290. The quantitative estimate of drug-likeness (QED) is 0.717. The van der Waals surface area contributed by atoms with Crippen LogP contribution in [0.5, 0.6) is 0 Å². The minimum Gasteiger partial charge on any atom is -0.393 e. The summed E-state index contributed by atoms with van der Waals surface area (Å²) in [4.78, 5) is 0. The van der Waals surface area contributed by atoms with E-state index in [9.17, 15) is 10.2 Å². The van der Waals surface area contributed by atoms with Gasteiger partial charge in [-0.25, -0.2) is 0 Å². The van der Waals surface area contributed by atoms with E-state index in [1.807, 2.05) is 6.08 Å². The molecule has 0 aromatic heterocycles. The maximum absolute atomic E-state index is 11.0. The second-order valence-corrected chi connectivity index (χ2v) is 9.15. The van der Waals surface area contributed by atoms with Crippen LogP contribution in [0.25, 0.3) is 0 Å². The van der Waals surface area contributed by atoms with Crippen molar-refractivity contribution in [3.63, 3.8) is 0 Å². The van der Waals surface area contributed by atoms with E-state index in [4.69, 9.17) is 0 Å². The first-order chi connectivity index (χ1) is 10.1. The Morgan fingerprint density at radius 2 is 1.86 bits per heavy atom. The van der Waals surface area contributed by atoms with Crippen molar-refractivity contribution in [1.29, 1.82) is 0 Å². The molecule has 2 nitrogen and oxygen atoms in total. The Morgan fingerprint density at radius 1 is 1.18 bits per heavy atom. The SMILES string of the molecule is C=C[C@]1(C)C=C2CC[C@H]3C(C)(C)[C@@H](O)CC[C@]3(C)[C@H]2[C@H](O)C1. The van der Waals surface area contributed by atoms with Crippen molar-refractivity contribution in [2.24, 2.45) is 28.1 Å². The predicted molar refractivity (Wildman–Crippen MR) is 90.4 cm³/mol. The Hall–Kier alpha value is -0.600. The molecule has 2 heteroatoms. The van der Waals surface area contributed by atoms with Gasteiger partial charge in [-0.15, -0.1) is 6.58 Å². The summed E-state index contributed by atoms with van der Waals surface area (Å²) in [5, 5.41) is 21.4. The highest BCUT2D eigenvalue weighted by Gasteiger charge is 2.58. The summed E-state index contributed by atoms with van der Waals surface area (Å²) in [5.41, 5.74) is 1.41. The van der Waals surface area contributed by atoms with Crippen LogP contribution in [0.1, 0.15) is 59.8 Å². The van der Waals surface area contributed by atoms with Crippen LogP contribution in [-0.2, 0) is 0 Å². The fourth-order valence-electron chi connectivity index (χ4n) is 6.08. The van der Waals surface area contributed by atoms with Gasteiger partial charge in [0.1, 0.15) is 0 Å². The zero-order valence-electron chi connectivity index (χ0n) is 14.6. The van der Waals surface area contributed by atoms with Gasteiger partial charge in [0.15, 0.2) is 0 Å². The number of fused-ring (bicyclic) bond motifs is 3. The largest absolute Gasteiger partial charge is 0.393 e. The fourth-order valence-corrected chi connectivity index (χ4v) is 6.08. The van der Waals surface area contributed by atoms with Gasteiger partial charge in [-0.2, -0.15) is 0 Å². The van der Waals surface area contributed by atoms with E-state index < -0.39 is 0 Å². The van der Waals surface area contributed by atoms with E-state index in [0.717, 1.165) is 32.1 Å². The molecule has 2 fully saturated rings. The summed E-state index contributed by atoms with van der Waals surface area (Å²) in [6, 6.07) is 0. The molecule has 6 atom stereocenters. The minimum absolute atomic E-state index is 0.0581. The number of aliphatic hydroxyl groups excluding tert-OH is 2. The molecule has 2 saturated carbocycles. The van der Waals surface area contributed by atoms with Crippen LogP contribution in [0.4, 0.5) is 0 Å². The number of hydrogen-bond acceptors (Lipinski definition) is 2. The number of aliphatic hydroxyl groups is 2. The molecule has 22 heavy (non-hydrogen) atoms. The maximum Gasteiger partial charge on any atom is 0.0622 e. The molecule has 0 heterocycles. The van der Waals surface area contributed by atoms with Crippen molar-refractivity contribution in [2.45, 2.75) is 72.0 Å². The summed E-state index contributed by atoms with van der Waals surface area (Å²) in [5.74, 6) is 0.736. The van der Waals surface area contributed by atoms with Crippen LogP contribution in [-0.4, -0.2) is 22.4 Å². The smallest absolute Gasteiger partial charge is 0.0622 e. The van der Waals surface area contributed by atoms with Gasteiger partial charge in [0.2, 0.25) is 0 Å². The molecule has 0 spiro atoms. The van der Waals surface area contributed by atoms with Gasteiger partial charge in [-0.3, -0.25) is 0 Å². The first kappa shape index (κ1) is 16.3. The third kappa shape index (κ3) is 2.14. The highest BCUT2D eigenvalue weighted by atomic mass is 16.3. The molecule has 0 unspecified atom stereocenters. The lowest BCUT2D eigenvalue weighted by Gasteiger charge is -2.61. The normalized spacial score (nSPS) is 50.5. The van der Waals surface area contributed by atoms with Gasteiger partial charge in [0.25, 0.3) is 0 Å². The monoisotopic (exact) mass is 304 g/mol. The number of rotatable bonds is 1. The van der Waals surface area contributed by atoms with E-state index in [2.05, 4.69) is 40.3 Å². The lowest BCUT2D eigenvalue weighted by Crippen LogP contribution is -2.58. The molecule has 0 aliphatic heterocycles. The highest BCUT2D eigenvalue weighted by Crippen LogP contribution is 2.63. The van der Waals surface area contributed by atoms with Gasteiger partial charge < -0.3 is 10.2 Å². The Kier molecular flexibility index (Phi) is 3.66. The Morgan fingerprint density at radius 3 is 2.50 bits per heavy atom. The molecule has 0 aromatic carbocycles. The maximum atomic E-state index is 11.0. The second-order valence-electron chi connectivity index (χ2n) is 9.15. The van der Waals surface area contributed by atoms with Crippen molar-refractivity contribution < 1.29 is 10.2 Å². The molecular formula is C20H32O2. The Labute approximate surface area is 135 Å². The third-order valence-electron chi connectivity index (χ3n) is 7.36. The second kappa shape index (κ2) is 4.95. The topological polar surface area (TPSA) is 40.5 Å². The molecular weight excluding hydrogens is 272 g/mol. The van der Waals surface area contributed by atoms with Crippen LogP contribution in [0.15, 0.2) is 24.3 Å².